The van der Waals surface area contributed by atoms with E-state index in [9.17, 15) is 25.5 Å². The highest BCUT2D eigenvalue weighted by Gasteiger charge is 2.11. The smallest absolute Gasteiger partial charge is 0.161 e. The summed E-state index contributed by atoms with van der Waals surface area (Å²) in [5.74, 6) is 2.93. The van der Waals surface area contributed by atoms with Gasteiger partial charge >= 0.3 is 0 Å². The topological polar surface area (TPSA) is 430 Å². The van der Waals surface area contributed by atoms with Gasteiger partial charge in [0.1, 0.15) is 47.7 Å². The van der Waals surface area contributed by atoms with Crippen LogP contribution in [-0.4, -0.2) is 191 Å². The minimum atomic E-state index is -0.0161. The van der Waals surface area contributed by atoms with Crippen LogP contribution in [0.15, 0.2) is 314 Å². The first kappa shape index (κ1) is 103. The summed E-state index contributed by atoms with van der Waals surface area (Å²) in [4.78, 5) is 31.2. The third kappa shape index (κ3) is 40.4. The lowest BCUT2D eigenvalue weighted by atomic mass is 10.0. The number of unbranched alkanes of at least 4 members (excludes halogenated alkanes) is 4. The lowest BCUT2D eigenvalue weighted by Crippen LogP contribution is -2.05. The van der Waals surface area contributed by atoms with E-state index in [1.807, 2.05) is 222 Å². The molecule has 0 saturated carbocycles. The van der Waals surface area contributed by atoms with Crippen LogP contribution in [0.2, 0.25) is 0 Å². The minimum Gasteiger partial charge on any atom is -0.508 e. The fraction of sp³-hybridized carbons (Fsp3) is 0.252. The van der Waals surface area contributed by atoms with E-state index in [-0.39, 0.29) is 68.4 Å². The second-order valence-electron chi connectivity index (χ2n) is 28.5. The first-order valence-electron chi connectivity index (χ1n) is 42.3. The number of phenolic OH excluding ortho intramolecular Hbond substituents is 5. The highest BCUT2D eigenvalue weighted by molar-refractivity contribution is 6.14. The molecule has 12 rings (SSSR count). The molecule has 0 atom stereocenters. The van der Waals surface area contributed by atoms with Crippen molar-refractivity contribution in [3.8, 4) is 46.0 Å². The number of aliphatic imine (C=N–C) groups is 7. The summed E-state index contributed by atoms with van der Waals surface area (Å²) in [5.41, 5.74) is 39.6. The SMILES string of the molecule is CC(=NCCCCO)c1cccc(O)c1.CC(=NCCCN)c1cccc(N)c1.CC(=Nc1cccc(O)c1)c1ccc(O)cc1.COc1cc(C(C)=NCCOCCO)ccc1O.Nc1ccc(N=C(c2ccccc2)c2ccc(N)cc2)cc1.OCCCCCCN=Cc1cccc(OCCO)c1.OCCOc1cccc(C=Nc2cccc3c(O)cccc23)c1. The third-order valence-electron chi connectivity index (χ3n) is 18.5. The number of hydrogen-bond donors (Lipinski definition) is 14. The number of nitrogens with two attached hydrogens (primary N) is 4. The van der Waals surface area contributed by atoms with Crippen LogP contribution in [-0.2, 0) is 4.74 Å². The number of anilines is 3. The predicted molar refractivity (Wildman–Crippen MR) is 523 cm³/mol. The molecule has 0 spiro atoms. The second kappa shape index (κ2) is 60.6. The van der Waals surface area contributed by atoms with Crippen molar-refractivity contribution in [2.75, 3.05) is 116 Å². The molecule has 0 aliphatic rings. The van der Waals surface area contributed by atoms with Gasteiger partial charge in [-0.25, -0.2) is 4.99 Å². The highest BCUT2D eigenvalue weighted by Crippen LogP contribution is 2.33. The van der Waals surface area contributed by atoms with E-state index in [1.165, 1.54) is 7.11 Å². The molecule has 0 aromatic heterocycles. The fourth-order valence-electron chi connectivity index (χ4n) is 11.7. The first-order chi connectivity index (χ1) is 62.2. The van der Waals surface area contributed by atoms with E-state index in [4.69, 9.17) is 72.4 Å². The molecule has 0 bridgehead atoms. The summed E-state index contributed by atoms with van der Waals surface area (Å²) in [7, 11) is 1.51. The molecule has 0 amide bonds. The quantitative estimate of drug-likeness (QED) is 0.00985. The Morgan fingerprint density at radius 2 is 0.852 bits per heavy atom. The molecule has 12 aromatic rings. The molecule has 12 aromatic carbocycles. The van der Waals surface area contributed by atoms with Crippen LogP contribution in [0.5, 0.6) is 46.0 Å². The van der Waals surface area contributed by atoms with Gasteiger partial charge in [-0.3, -0.25) is 30.0 Å². The van der Waals surface area contributed by atoms with E-state index in [1.54, 1.807) is 97.2 Å². The fourth-order valence-corrected chi connectivity index (χ4v) is 11.7. The normalized spacial score (nSPS) is 11.4. The number of methoxy groups -OCH3 is 1. The average molecular weight is 1740 g/mol. The molecule has 0 radical (unpaired) electrons. The highest BCUT2D eigenvalue weighted by atomic mass is 16.5. The van der Waals surface area contributed by atoms with Crippen LogP contribution in [0, 0.1) is 0 Å². The summed E-state index contributed by atoms with van der Waals surface area (Å²) >= 11 is 0. The first-order valence-corrected chi connectivity index (χ1v) is 42.3. The van der Waals surface area contributed by atoms with E-state index in [2.05, 4.69) is 30.0 Å². The molecule has 0 fully saturated rings. The summed E-state index contributed by atoms with van der Waals surface area (Å²) in [6.07, 6.45) is 10.3. The van der Waals surface area contributed by atoms with E-state index in [0.29, 0.717) is 50.1 Å². The summed E-state index contributed by atoms with van der Waals surface area (Å²) in [6.45, 7) is 13.2. The van der Waals surface area contributed by atoms with Crippen molar-refractivity contribution in [2.24, 2.45) is 40.7 Å². The van der Waals surface area contributed by atoms with Gasteiger partial charge in [-0.05, 0) is 251 Å². The summed E-state index contributed by atoms with van der Waals surface area (Å²) in [5, 5.41) is 92.2. The number of hydrogen-bond acceptors (Lipinski definition) is 25. The molecule has 25 nitrogen and oxygen atoms in total. The number of phenols is 5. The molecule has 0 unspecified atom stereocenters. The van der Waals surface area contributed by atoms with Crippen molar-refractivity contribution in [1.29, 1.82) is 0 Å². The number of ether oxygens (including phenoxy) is 4. The molecular weight excluding hydrogens is 1620 g/mol. The van der Waals surface area contributed by atoms with Crippen molar-refractivity contribution in [2.45, 2.75) is 72.6 Å². The van der Waals surface area contributed by atoms with Gasteiger partial charge in [0.15, 0.2) is 11.5 Å². The molecule has 128 heavy (non-hydrogen) atoms. The number of rotatable bonds is 36. The van der Waals surface area contributed by atoms with Gasteiger partial charge in [0.25, 0.3) is 0 Å². The third-order valence-corrected chi connectivity index (χ3v) is 18.5. The van der Waals surface area contributed by atoms with Crippen LogP contribution in [0.25, 0.3) is 10.8 Å². The Balaban J connectivity index is 0.000000232. The van der Waals surface area contributed by atoms with Crippen molar-refractivity contribution in [3.63, 3.8) is 0 Å². The average Bonchev–Trinajstić information content (AvgIpc) is 0.813. The number of nitrogens with zero attached hydrogens (tertiary/aromatic N) is 7. The standard InChI is InChI=1S/C19H17N3.C19H17NO3.C15H23NO3.C14H13NO2.C13H19NO4.C12H17NO2.C11H17N3/c20-16-8-6-15(7-9-16)19(14-4-2-1-3-5-14)22-18-12-10-17(21)11-13-18;21-10-11-23-15-5-1-4-14(12-15)13-20-18-8-2-7-17-16(18)6-3-9-19(17)22;17-9-4-2-1-3-8-16-13-14-6-5-7-15(12-14)19-11-10-18;1-10(11-5-7-13(16)8-6-11)15-12-3-2-4-14(17)9-12;1-10(14-5-7-18-8-6-15)11-3-4-12(16)13(9-11)17-2;1-10(13-7-2-3-8-14)11-5-4-6-12(15)9-11;1-9(14-7-3-6-12)10-4-2-5-11(13)8-10/h1-13H,20-21H2;1-9,12-13,21-22H,10-11H2;5-7,12-13,17-18H,1-4,8-11H2;2-9,16-17H,1H3;3-4,9,15-16H,5-8H2,1-2H3;4-6,9,14-15H,2-3,7-8H2,1H3;2,4-5,8H,3,6-7,12-13H2,1H3. The monoisotopic (exact) mass is 1740 g/mol. The Bertz CT molecular complexity index is 5420. The van der Waals surface area contributed by atoms with Gasteiger partial charge < -0.3 is 92.9 Å². The maximum absolute atomic E-state index is 9.91. The maximum Gasteiger partial charge on any atom is 0.161 e. The van der Waals surface area contributed by atoms with Gasteiger partial charge in [-0.2, -0.15) is 0 Å². The van der Waals surface area contributed by atoms with Crippen LogP contribution < -0.4 is 37.1 Å². The number of aromatic hydroxyl groups is 5. The molecule has 674 valence electrons. The van der Waals surface area contributed by atoms with E-state index in [0.717, 1.165) is 183 Å². The number of benzene rings is 12. The Morgan fingerprint density at radius 1 is 0.344 bits per heavy atom. The molecule has 0 saturated heterocycles. The molecule has 0 aliphatic heterocycles. The number of fused-ring (bicyclic) bond motifs is 1. The predicted octanol–water partition coefficient (Wildman–Crippen LogP) is 17.6. The molecule has 0 aliphatic carbocycles. The number of aliphatic hydroxyl groups excluding tert-OH is 5. The largest absolute Gasteiger partial charge is 0.508 e. The van der Waals surface area contributed by atoms with Crippen LogP contribution in [0.4, 0.5) is 34.1 Å². The van der Waals surface area contributed by atoms with Crippen molar-refractivity contribution < 1.29 is 70.0 Å². The zero-order valence-corrected chi connectivity index (χ0v) is 73.6. The number of nitrogen functional groups attached to an aromatic ring is 3. The van der Waals surface area contributed by atoms with Crippen LogP contribution in [0.1, 0.15) is 117 Å². The molecule has 0 heterocycles. The molecule has 18 N–H and O–H groups in total. The minimum absolute atomic E-state index is 0.0161. The van der Waals surface area contributed by atoms with Crippen LogP contribution in [0.3, 0.4) is 0 Å². The zero-order valence-electron chi connectivity index (χ0n) is 73.6. The van der Waals surface area contributed by atoms with Gasteiger partial charge in [-0.15, -0.1) is 0 Å². The Labute approximate surface area is 751 Å². The lowest BCUT2D eigenvalue weighted by molar-refractivity contribution is 0.0978. The van der Waals surface area contributed by atoms with Crippen molar-refractivity contribution in [1.82, 2.24) is 0 Å². The van der Waals surface area contributed by atoms with Gasteiger partial charge in [0, 0.05) is 113 Å². The maximum atomic E-state index is 9.91. The Hall–Kier alpha value is -13.9. The summed E-state index contributed by atoms with van der Waals surface area (Å²) < 4.78 is 20.9. The van der Waals surface area contributed by atoms with Crippen molar-refractivity contribution >= 4 is 85.9 Å². The van der Waals surface area contributed by atoms with Crippen LogP contribution >= 0.6 is 0 Å². The lowest BCUT2D eigenvalue weighted by Gasteiger charge is -2.08. The zero-order chi connectivity index (χ0) is 92.3. The summed E-state index contributed by atoms with van der Waals surface area (Å²) in [6, 6.07) is 85.1. The Morgan fingerprint density at radius 3 is 1.46 bits per heavy atom. The molecule has 25 heteroatoms. The van der Waals surface area contributed by atoms with Gasteiger partial charge in [0.2, 0.25) is 0 Å². The molecular formula is C103H123N11O14. The number of aliphatic hydroxyl groups is 5. The van der Waals surface area contributed by atoms with E-state index >= 15 is 0 Å². The Kier molecular flexibility index (Phi) is 48.8. The second-order valence-corrected chi connectivity index (χ2v) is 28.5. The van der Waals surface area contributed by atoms with Crippen molar-refractivity contribution in [3.05, 3.63) is 324 Å². The van der Waals surface area contributed by atoms with E-state index < -0.39 is 0 Å². The van der Waals surface area contributed by atoms with Gasteiger partial charge in [-0.1, -0.05) is 134 Å². The van der Waals surface area contributed by atoms with Gasteiger partial charge in [0.05, 0.1) is 69.5 Å².